The van der Waals surface area contributed by atoms with E-state index < -0.39 is 0 Å². The zero-order chi connectivity index (χ0) is 15.0. The minimum absolute atomic E-state index is 0.0289. The van der Waals surface area contributed by atoms with Gasteiger partial charge in [-0.25, -0.2) is 4.98 Å². The minimum atomic E-state index is -0.133. The van der Waals surface area contributed by atoms with Crippen LogP contribution in [0.5, 0.6) is 0 Å². The smallest absolute Gasteiger partial charge is 0.230 e. The number of thiazole rings is 1. The number of nitrogens with zero attached hydrogens (tertiary/aromatic N) is 2. The molecule has 108 valence electrons. The summed E-state index contributed by atoms with van der Waals surface area (Å²) in [6.45, 7) is 1.77. The summed E-state index contributed by atoms with van der Waals surface area (Å²) in [7, 11) is 0. The molecule has 2 aromatic heterocycles. The van der Waals surface area contributed by atoms with E-state index in [-0.39, 0.29) is 24.1 Å². The van der Waals surface area contributed by atoms with Crippen molar-refractivity contribution in [2.24, 2.45) is 0 Å². The molecule has 1 fully saturated rings. The van der Waals surface area contributed by atoms with E-state index in [0.717, 1.165) is 15.6 Å². The maximum absolute atomic E-state index is 11.6. The number of ketones is 1. The van der Waals surface area contributed by atoms with Crippen LogP contribution in [-0.2, 0) is 16.1 Å². The van der Waals surface area contributed by atoms with Gasteiger partial charge < -0.3 is 0 Å². The van der Waals surface area contributed by atoms with E-state index >= 15 is 0 Å². The summed E-state index contributed by atoms with van der Waals surface area (Å²) >= 11 is 2.88. The van der Waals surface area contributed by atoms with Crippen LogP contribution in [0.4, 0.5) is 0 Å². The Labute approximate surface area is 129 Å². The summed E-state index contributed by atoms with van der Waals surface area (Å²) < 4.78 is 0. The highest BCUT2D eigenvalue weighted by atomic mass is 32.1. The summed E-state index contributed by atoms with van der Waals surface area (Å²) in [6, 6.07) is 1.82. The molecule has 0 saturated carbocycles. The van der Waals surface area contributed by atoms with E-state index in [1.807, 2.05) is 16.8 Å². The maximum Gasteiger partial charge on any atom is 0.230 e. The van der Waals surface area contributed by atoms with Gasteiger partial charge in [0.15, 0.2) is 5.78 Å². The predicted octanol–water partition coefficient (Wildman–Crippen LogP) is 2.72. The Morgan fingerprint density at radius 2 is 1.95 bits per heavy atom. The van der Waals surface area contributed by atoms with Crippen LogP contribution in [0.3, 0.4) is 0 Å². The van der Waals surface area contributed by atoms with Crippen molar-refractivity contribution in [3.63, 3.8) is 0 Å². The number of carbonyl (C=O) groups excluding carboxylic acids is 3. The Morgan fingerprint density at radius 3 is 2.57 bits per heavy atom. The van der Waals surface area contributed by atoms with E-state index in [1.165, 1.54) is 34.5 Å². The number of thiophene rings is 1. The van der Waals surface area contributed by atoms with Gasteiger partial charge in [0.05, 0.1) is 17.1 Å². The molecule has 2 aromatic rings. The highest BCUT2D eigenvalue weighted by molar-refractivity contribution is 7.14. The largest absolute Gasteiger partial charge is 0.294 e. The fraction of sp³-hybridized carbons (Fsp3) is 0.286. The number of rotatable bonds is 4. The second-order valence-electron chi connectivity index (χ2n) is 4.76. The molecule has 0 unspecified atom stereocenters. The Bertz CT molecular complexity index is 716. The number of imide groups is 1. The van der Waals surface area contributed by atoms with Crippen LogP contribution in [0.2, 0.25) is 0 Å². The Morgan fingerprint density at radius 1 is 1.24 bits per heavy atom. The van der Waals surface area contributed by atoms with E-state index in [2.05, 4.69) is 4.98 Å². The lowest BCUT2D eigenvalue weighted by Gasteiger charge is -2.10. The molecule has 2 amide bonds. The van der Waals surface area contributed by atoms with Crippen molar-refractivity contribution in [2.45, 2.75) is 26.3 Å². The summed E-state index contributed by atoms with van der Waals surface area (Å²) in [6.07, 6.45) is 0.591. The fourth-order valence-electron chi connectivity index (χ4n) is 2.09. The van der Waals surface area contributed by atoms with Crippen molar-refractivity contribution in [1.82, 2.24) is 9.88 Å². The molecular formula is C14H12N2O3S2. The molecule has 3 heterocycles. The monoisotopic (exact) mass is 320 g/mol. The van der Waals surface area contributed by atoms with Crippen molar-refractivity contribution < 1.29 is 14.4 Å². The van der Waals surface area contributed by atoms with Crippen molar-refractivity contribution in [3.8, 4) is 10.6 Å². The van der Waals surface area contributed by atoms with Crippen molar-refractivity contribution in [3.05, 3.63) is 27.4 Å². The molecule has 0 aliphatic carbocycles. The Kier molecular flexibility index (Phi) is 3.69. The highest BCUT2D eigenvalue weighted by Gasteiger charge is 2.29. The van der Waals surface area contributed by atoms with E-state index in [9.17, 15) is 14.4 Å². The van der Waals surface area contributed by atoms with Gasteiger partial charge in [-0.3, -0.25) is 19.3 Å². The van der Waals surface area contributed by atoms with Crippen LogP contribution in [0, 0.1) is 0 Å². The molecule has 1 aliphatic rings. The first-order valence-corrected chi connectivity index (χ1v) is 8.18. The third kappa shape index (κ3) is 2.79. The van der Waals surface area contributed by atoms with Gasteiger partial charge in [0.1, 0.15) is 5.01 Å². The van der Waals surface area contributed by atoms with Crippen molar-refractivity contribution >= 4 is 40.3 Å². The van der Waals surface area contributed by atoms with Crippen molar-refractivity contribution in [1.29, 1.82) is 0 Å². The Balaban J connectivity index is 1.78. The fourth-order valence-corrected chi connectivity index (χ4v) is 3.85. The highest BCUT2D eigenvalue weighted by Crippen LogP contribution is 2.29. The topological polar surface area (TPSA) is 67.3 Å². The SMILES string of the molecule is CC(=O)c1csc(-c2csc(CN3C(=O)CCC3=O)n2)c1. The minimum Gasteiger partial charge on any atom is -0.294 e. The lowest BCUT2D eigenvalue weighted by Crippen LogP contribution is -2.28. The van der Waals surface area contributed by atoms with Crippen LogP contribution in [0.15, 0.2) is 16.8 Å². The molecule has 7 heteroatoms. The molecule has 0 bridgehead atoms. The molecule has 0 aromatic carbocycles. The third-order valence-corrected chi connectivity index (χ3v) is 5.04. The number of hydrogen-bond donors (Lipinski definition) is 0. The lowest BCUT2D eigenvalue weighted by atomic mass is 10.2. The number of likely N-dealkylation sites (tertiary alicyclic amines) is 1. The molecule has 21 heavy (non-hydrogen) atoms. The average molecular weight is 320 g/mol. The first-order valence-electron chi connectivity index (χ1n) is 6.42. The number of carbonyl (C=O) groups is 3. The molecule has 5 nitrogen and oxygen atoms in total. The van der Waals surface area contributed by atoms with Crippen molar-refractivity contribution in [2.75, 3.05) is 0 Å². The molecule has 3 rings (SSSR count). The van der Waals surface area contributed by atoms with Gasteiger partial charge in [-0.2, -0.15) is 0 Å². The van der Waals surface area contributed by atoms with Crippen LogP contribution in [-0.4, -0.2) is 27.5 Å². The zero-order valence-corrected chi connectivity index (χ0v) is 12.9. The van der Waals surface area contributed by atoms with Gasteiger partial charge in [-0.15, -0.1) is 22.7 Å². The number of hydrogen-bond acceptors (Lipinski definition) is 6. The molecule has 1 aliphatic heterocycles. The second kappa shape index (κ2) is 5.50. The zero-order valence-electron chi connectivity index (χ0n) is 11.3. The second-order valence-corrected chi connectivity index (χ2v) is 6.61. The van der Waals surface area contributed by atoms with Gasteiger partial charge in [-0.1, -0.05) is 0 Å². The first-order chi connectivity index (χ1) is 10.0. The molecule has 0 spiro atoms. The number of amides is 2. The summed E-state index contributed by atoms with van der Waals surface area (Å²) in [5.41, 5.74) is 1.46. The summed E-state index contributed by atoms with van der Waals surface area (Å²) in [5, 5.41) is 4.42. The molecule has 1 saturated heterocycles. The summed E-state index contributed by atoms with van der Waals surface area (Å²) in [5.74, 6) is -0.236. The number of Topliss-reactive ketones (excluding diaryl/α,β-unsaturated/α-hetero) is 1. The van der Waals surface area contributed by atoms with E-state index in [1.54, 1.807) is 0 Å². The Hall–Kier alpha value is -1.86. The van der Waals surface area contributed by atoms with E-state index in [4.69, 9.17) is 0 Å². The first kappa shape index (κ1) is 14.1. The van der Waals surface area contributed by atoms with Crippen LogP contribution in [0.1, 0.15) is 35.1 Å². The van der Waals surface area contributed by atoms with Gasteiger partial charge >= 0.3 is 0 Å². The van der Waals surface area contributed by atoms with Gasteiger partial charge in [0.2, 0.25) is 11.8 Å². The standard InChI is InChI=1S/C14H12N2O3S2/c1-8(17)9-4-11(20-6-9)10-7-21-12(15-10)5-16-13(18)2-3-14(16)19/h4,6-7H,2-3,5H2,1H3. The van der Waals surface area contributed by atoms with Crippen LogP contribution in [0.25, 0.3) is 10.6 Å². The van der Waals surface area contributed by atoms with E-state index in [0.29, 0.717) is 18.4 Å². The molecular weight excluding hydrogens is 308 g/mol. The van der Waals surface area contributed by atoms with Gasteiger partial charge in [0.25, 0.3) is 0 Å². The molecule has 0 radical (unpaired) electrons. The normalized spacial score (nSPS) is 15.0. The molecule has 0 N–H and O–H groups in total. The lowest BCUT2D eigenvalue weighted by molar-refractivity contribution is -0.139. The molecule has 0 atom stereocenters. The summed E-state index contributed by atoms with van der Waals surface area (Å²) in [4.78, 5) is 41.1. The predicted molar refractivity (Wildman–Crippen MR) is 80.2 cm³/mol. The van der Waals surface area contributed by atoms with Gasteiger partial charge in [-0.05, 0) is 13.0 Å². The number of aromatic nitrogens is 1. The maximum atomic E-state index is 11.6. The van der Waals surface area contributed by atoms with Gasteiger partial charge in [0, 0.05) is 29.2 Å². The quantitative estimate of drug-likeness (QED) is 0.642. The average Bonchev–Trinajstić information content (AvgIpc) is 3.14. The van der Waals surface area contributed by atoms with Crippen LogP contribution >= 0.6 is 22.7 Å². The van der Waals surface area contributed by atoms with Crippen LogP contribution < -0.4 is 0 Å². The third-order valence-electron chi connectivity index (χ3n) is 3.26.